The van der Waals surface area contributed by atoms with Crippen LogP contribution in [0.2, 0.25) is 0 Å². The normalized spacial score (nSPS) is 14.1. The van der Waals surface area contributed by atoms with Gasteiger partial charge in [-0.2, -0.15) is 0 Å². The fourth-order valence-electron chi connectivity index (χ4n) is 13.5. The third-order valence-electron chi connectivity index (χ3n) is 16.0. The van der Waals surface area contributed by atoms with Crippen LogP contribution in [0.5, 0.6) is 0 Å². The first kappa shape index (κ1) is 36.7. The van der Waals surface area contributed by atoms with Crippen molar-refractivity contribution >= 4 is 81.9 Å². The van der Waals surface area contributed by atoms with E-state index in [2.05, 4.69) is 218 Å². The van der Waals surface area contributed by atoms with Crippen LogP contribution in [0.1, 0.15) is 39.8 Å². The zero-order chi connectivity index (χ0) is 44.2. The van der Waals surface area contributed by atoms with Gasteiger partial charge in [-0.15, -0.1) is 0 Å². The summed E-state index contributed by atoms with van der Waals surface area (Å²) in [6.07, 6.45) is 6.69. The molecular weight excluding hydrogens is 821 g/mol. The zero-order valence-corrected chi connectivity index (χ0v) is 37.1. The quantitative estimate of drug-likeness (QED) is 0.125. The molecule has 12 aromatic carbocycles. The molecule has 1 heterocycles. The van der Waals surface area contributed by atoms with Crippen LogP contribution in [0.25, 0.3) is 126 Å². The number of fused-ring (bicyclic) bond motifs is 23. The minimum Gasteiger partial charge on any atom is -0.456 e. The van der Waals surface area contributed by atoms with Crippen LogP contribution >= 0.6 is 0 Å². The van der Waals surface area contributed by atoms with Gasteiger partial charge in [0.15, 0.2) is 0 Å². The summed E-state index contributed by atoms with van der Waals surface area (Å²) in [5.41, 5.74) is 19.8. The first-order valence-electron chi connectivity index (χ1n) is 24.1. The van der Waals surface area contributed by atoms with Crippen molar-refractivity contribution in [1.29, 1.82) is 0 Å². The van der Waals surface area contributed by atoms with Crippen molar-refractivity contribution in [3.05, 3.63) is 246 Å². The summed E-state index contributed by atoms with van der Waals surface area (Å²) < 4.78 is 6.56. The standard InChI is InChI=1S/C67H40O/c1-2-18-40-37-61-55(35-39(40)17-1)54-36-41(33-34-60(54)68-61)62-48-25-7-9-27-50(48)63(51-28-10-8-26-49(51)62)56-38-57-64-47-24-6-3-19-42(47)43-20-4-12-30-53(43)66(64)67(65(57)52-29-11-5-21-44(52)56)58-31-15-13-22-45(58)46-23-14-16-32-59(46)67/h1,3-17,19-38H,2,18H2. The Balaban J connectivity index is 1.05. The second-order valence-corrected chi connectivity index (χ2v) is 19.2. The second kappa shape index (κ2) is 13.3. The number of hydrogen-bond acceptors (Lipinski definition) is 1. The summed E-state index contributed by atoms with van der Waals surface area (Å²) in [6, 6.07) is 78.3. The number of furan rings is 1. The van der Waals surface area contributed by atoms with Gasteiger partial charge in [-0.25, -0.2) is 0 Å². The molecule has 314 valence electrons. The van der Waals surface area contributed by atoms with Crippen molar-refractivity contribution in [2.45, 2.75) is 18.3 Å². The van der Waals surface area contributed by atoms with E-state index in [9.17, 15) is 0 Å². The predicted molar refractivity (Wildman–Crippen MR) is 286 cm³/mol. The van der Waals surface area contributed by atoms with Gasteiger partial charge in [0.05, 0.1) is 5.41 Å². The predicted octanol–water partition coefficient (Wildman–Crippen LogP) is 18.0. The first-order valence-corrected chi connectivity index (χ1v) is 24.1. The molecule has 0 aliphatic heterocycles. The van der Waals surface area contributed by atoms with Gasteiger partial charge in [-0.1, -0.05) is 188 Å². The minimum absolute atomic E-state index is 0.543. The Labute approximate surface area is 392 Å². The van der Waals surface area contributed by atoms with E-state index >= 15 is 0 Å². The molecule has 3 aliphatic carbocycles. The molecule has 0 N–H and O–H groups in total. The van der Waals surface area contributed by atoms with Gasteiger partial charge in [-0.3, -0.25) is 0 Å². The van der Waals surface area contributed by atoms with Crippen molar-refractivity contribution in [2.24, 2.45) is 0 Å². The fourth-order valence-corrected chi connectivity index (χ4v) is 13.5. The number of rotatable bonds is 2. The van der Waals surface area contributed by atoms with Gasteiger partial charge in [0, 0.05) is 10.8 Å². The number of benzene rings is 12. The summed E-state index contributed by atoms with van der Waals surface area (Å²) in [5, 5.41) is 15.1. The second-order valence-electron chi connectivity index (χ2n) is 19.2. The third kappa shape index (κ3) is 4.56. The largest absolute Gasteiger partial charge is 0.456 e. The van der Waals surface area contributed by atoms with Crippen LogP contribution in [0, 0.1) is 0 Å². The summed E-state index contributed by atoms with van der Waals surface area (Å²) in [4.78, 5) is 0. The molecule has 0 amide bonds. The molecule has 13 aromatic rings. The van der Waals surface area contributed by atoms with E-state index in [-0.39, 0.29) is 0 Å². The fraction of sp³-hybridized carbons (Fsp3) is 0.0448. The molecule has 0 saturated heterocycles. The van der Waals surface area contributed by atoms with Crippen LogP contribution < -0.4 is 0 Å². The van der Waals surface area contributed by atoms with Crippen molar-refractivity contribution in [2.75, 3.05) is 0 Å². The van der Waals surface area contributed by atoms with Gasteiger partial charge < -0.3 is 4.42 Å². The van der Waals surface area contributed by atoms with E-state index in [1.54, 1.807) is 0 Å². The highest BCUT2D eigenvalue weighted by molar-refractivity contribution is 6.27. The maximum absolute atomic E-state index is 6.56. The number of allylic oxidation sites excluding steroid dienone is 1. The van der Waals surface area contributed by atoms with E-state index in [1.165, 1.54) is 137 Å². The van der Waals surface area contributed by atoms with Crippen LogP contribution in [0.3, 0.4) is 0 Å². The van der Waals surface area contributed by atoms with E-state index in [1.807, 2.05) is 0 Å². The SMILES string of the molecule is C1=Cc2cc3c(cc2CC1)oc1ccc(-c2c4ccccc4c(-c4cc5c(c6ccccc46)C4(c6ccccc6-c6ccccc64)c4c-5c5ccccc5c5ccccc45)c4ccccc24)cc13. The molecule has 16 rings (SSSR count). The summed E-state index contributed by atoms with van der Waals surface area (Å²) in [6.45, 7) is 0. The Morgan fingerprint density at radius 2 is 0.853 bits per heavy atom. The minimum atomic E-state index is -0.543. The molecule has 68 heavy (non-hydrogen) atoms. The monoisotopic (exact) mass is 860 g/mol. The number of aryl methyl sites for hydroxylation is 1. The molecule has 0 fully saturated rings. The van der Waals surface area contributed by atoms with E-state index < -0.39 is 5.41 Å². The van der Waals surface area contributed by atoms with Crippen LogP contribution in [0.15, 0.2) is 217 Å². The molecule has 1 aromatic heterocycles. The molecule has 1 spiro atoms. The summed E-state index contributed by atoms with van der Waals surface area (Å²) in [7, 11) is 0. The molecular formula is C67H40O. The Kier molecular flexibility index (Phi) is 7.18. The lowest BCUT2D eigenvalue weighted by Crippen LogP contribution is -2.26. The molecule has 0 bridgehead atoms. The molecule has 3 aliphatic rings. The Morgan fingerprint density at radius 3 is 1.51 bits per heavy atom. The molecule has 0 unspecified atom stereocenters. The zero-order valence-electron chi connectivity index (χ0n) is 37.1. The van der Waals surface area contributed by atoms with Gasteiger partial charge in [-0.05, 0) is 175 Å². The molecule has 1 heteroatoms. The van der Waals surface area contributed by atoms with Crippen LogP contribution in [-0.4, -0.2) is 0 Å². The van der Waals surface area contributed by atoms with Crippen molar-refractivity contribution in [1.82, 2.24) is 0 Å². The van der Waals surface area contributed by atoms with Crippen molar-refractivity contribution in [3.8, 4) is 44.5 Å². The van der Waals surface area contributed by atoms with Crippen LogP contribution in [-0.2, 0) is 11.8 Å². The highest BCUT2D eigenvalue weighted by atomic mass is 16.3. The Bertz CT molecular complexity index is 4340. The number of hydrogen-bond donors (Lipinski definition) is 0. The first-order chi connectivity index (χ1) is 33.8. The third-order valence-corrected chi connectivity index (χ3v) is 16.0. The average molecular weight is 861 g/mol. The topological polar surface area (TPSA) is 13.1 Å². The maximum atomic E-state index is 6.56. The summed E-state index contributed by atoms with van der Waals surface area (Å²) in [5.74, 6) is 0. The van der Waals surface area contributed by atoms with Gasteiger partial charge >= 0.3 is 0 Å². The highest BCUT2D eigenvalue weighted by Gasteiger charge is 2.54. The lowest BCUT2D eigenvalue weighted by Gasteiger charge is -2.33. The van der Waals surface area contributed by atoms with E-state index in [0.717, 1.165) is 29.4 Å². The van der Waals surface area contributed by atoms with Gasteiger partial charge in [0.25, 0.3) is 0 Å². The molecule has 0 saturated carbocycles. The van der Waals surface area contributed by atoms with Gasteiger partial charge in [0.2, 0.25) is 0 Å². The van der Waals surface area contributed by atoms with E-state index in [0.29, 0.717) is 0 Å². The Hall–Kier alpha value is -8.52. The van der Waals surface area contributed by atoms with Gasteiger partial charge in [0.1, 0.15) is 11.2 Å². The molecule has 1 nitrogen and oxygen atoms in total. The van der Waals surface area contributed by atoms with Crippen molar-refractivity contribution < 1.29 is 4.42 Å². The van der Waals surface area contributed by atoms with Crippen molar-refractivity contribution in [3.63, 3.8) is 0 Å². The summed E-state index contributed by atoms with van der Waals surface area (Å²) >= 11 is 0. The average Bonchev–Trinajstić information content (AvgIpc) is 4.03. The van der Waals surface area contributed by atoms with Crippen LogP contribution in [0.4, 0.5) is 0 Å². The van der Waals surface area contributed by atoms with E-state index in [4.69, 9.17) is 4.42 Å². The Morgan fingerprint density at radius 1 is 0.338 bits per heavy atom. The lowest BCUT2D eigenvalue weighted by molar-refractivity contribution is 0.668. The highest BCUT2D eigenvalue weighted by Crippen LogP contribution is 2.67. The molecule has 0 atom stereocenters. The maximum Gasteiger partial charge on any atom is 0.135 e. The smallest absolute Gasteiger partial charge is 0.135 e. The molecule has 0 radical (unpaired) electrons. The lowest BCUT2D eigenvalue weighted by atomic mass is 9.68.